The molecule has 1 saturated carbocycles. The van der Waals surface area contributed by atoms with Gasteiger partial charge in [0.15, 0.2) is 0 Å². The lowest BCUT2D eigenvalue weighted by molar-refractivity contribution is -0.140. The minimum absolute atomic E-state index is 0.0328. The van der Waals surface area contributed by atoms with Crippen molar-refractivity contribution in [2.45, 2.75) is 97.5 Å². The average Bonchev–Trinajstić information content (AvgIpc) is 2.89. The van der Waals surface area contributed by atoms with Gasteiger partial charge in [0.25, 0.3) is 0 Å². The Morgan fingerprint density at radius 3 is 2.59 bits per heavy atom. The second-order valence-electron chi connectivity index (χ2n) is 8.85. The van der Waals surface area contributed by atoms with Crippen LogP contribution in [0.15, 0.2) is 12.2 Å². The highest BCUT2D eigenvalue weighted by atomic mass is 16.5. The molecule has 0 unspecified atom stereocenters. The van der Waals surface area contributed by atoms with Crippen molar-refractivity contribution in [3.8, 4) is 0 Å². The number of Topliss-reactive ketones (excluding diaryl/α,β-unsaturated/α-hetero) is 1. The van der Waals surface area contributed by atoms with Crippen LogP contribution in [0.2, 0.25) is 0 Å². The van der Waals surface area contributed by atoms with E-state index in [1.807, 2.05) is 0 Å². The van der Waals surface area contributed by atoms with Crippen LogP contribution in [0.1, 0.15) is 91.4 Å². The van der Waals surface area contributed by atoms with Crippen molar-refractivity contribution in [3.05, 3.63) is 12.2 Å². The third-order valence-electron chi connectivity index (χ3n) is 5.84. The van der Waals surface area contributed by atoms with Crippen LogP contribution in [0.3, 0.4) is 0 Å². The molecule has 1 fully saturated rings. The van der Waals surface area contributed by atoms with Crippen molar-refractivity contribution in [3.63, 3.8) is 0 Å². The first-order chi connectivity index (χ1) is 12.8. The molecule has 0 saturated heterocycles. The average molecular weight is 381 g/mol. The van der Waals surface area contributed by atoms with Gasteiger partial charge in [-0.05, 0) is 31.1 Å². The Bertz CT molecular complexity index is 481. The molecule has 0 amide bonds. The zero-order valence-corrected chi connectivity index (χ0v) is 17.8. The summed E-state index contributed by atoms with van der Waals surface area (Å²) in [5, 5.41) is 10.3. The molecular weight excluding hydrogens is 340 g/mol. The molecule has 1 aliphatic carbocycles. The highest BCUT2D eigenvalue weighted by Gasteiger charge is 2.39. The van der Waals surface area contributed by atoms with E-state index in [0.717, 1.165) is 38.5 Å². The Hall–Kier alpha value is -1.16. The molecule has 0 heterocycles. The number of aliphatic hydroxyl groups is 1. The van der Waals surface area contributed by atoms with Gasteiger partial charge in [-0.3, -0.25) is 9.59 Å². The van der Waals surface area contributed by atoms with E-state index >= 15 is 0 Å². The van der Waals surface area contributed by atoms with E-state index in [9.17, 15) is 14.7 Å². The van der Waals surface area contributed by atoms with Crippen LogP contribution in [-0.4, -0.2) is 30.1 Å². The lowest BCUT2D eigenvalue weighted by atomic mass is 9.82. The van der Waals surface area contributed by atoms with E-state index in [1.165, 1.54) is 26.4 Å². The van der Waals surface area contributed by atoms with E-state index in [0.29, 0.717) is 12.8 Å². The maximum absolute atomic E-state index is 12.3. The number of ketones is 1. The Balaban J connectivity index is 2.42. The molecule has 0 bridgehead atoms. The van der Waals surface area contributed by atoms with E-state index in [-0.39, 0.29) is 29.0 Å². The molecule has 156 valence electrons. The molecule has 0 aromatic heterocycles. The number of rotatable bonds is 13. The van der Waals surface area contributed by atoms with E-state index in [2.05, 4.69) is 37.7 Å². The lowest BCUT2D eigenvalue weighted by Crippen LogP contribution is -2.19. The van der Waals surface area contributed by atoms with Gasteiger partial charge in [0.05, 0.1) is 13.2 Å². The van der Waals surface area contributed by atoms with Gasteiger partial charge >= 0.3 is 5.97 Å². The van der Waals surface area contributed by atoms with Gasteiger partial charge in [0.1, 0.15) is 5.78 Å². The summed E-state index contributed by atoms with van der Waals surface area (Å²) in [5.41, 5.74) is 0.273. The maximum Gasteiger partial charge on any atom is 0.305 e. The number of esters is 1. The summed E-state index contributed by atoms with van der Waals surface area (Å²) in [5.74, 6) is -0.0294. The first-order valence-corrected chi connectivity index (χ1v) is 10.7. The molecule has 0 spiro atoms. The second-order valence-corrected chi connectivity index (χ2v) is 8.85. The number of carbonyl (C=O) groups is 2. The van der Waals surface area contributed by atoms with E-state index in [1.54, 1.807) is 0 Å². The van der Waals surface area contributed by atoms with Gasteiger partial charge in [0, 0.05) is 24.7 Å². The van der Waals surface area contributed by atoms with Crippen molar-refractivity contribution >= 4 is 11.8 Å². The molecular formula is C23H40O4. The minimum Gasteiger partial charge on any atom is -0.469 e. The van der Waals surface area contributed by atoms with Crippen molar-refractivity contribution in [2.24, 2.45) is 17.3 Å². The molecule has 1 N–H and O–H groups in total. The van der Waals surface area contributed by atoms with Gasteiger partial charge in [-0.2, -0.15) is 0 Å². The maximum atomic E-state index is 12.3. The second kappa shape index (κ2) is 12.3. The topological polar surface area (TPSA) is 63.6 Å². The number of aliphatic hydroxyl groups excluding tert-OH is 1. The molecule has 1 rings (SSSR count). The largest absolute Gasteiger partial charge is 0.469 e. The standard InChI is InChI=1S/C23H40O4/c1-5-6-15-23(2,3)16-11-13-19-18(20(24)17-21(19)25)12-9-7-8-10-14-22(26)27-4/h11,13,18-19,21,25H,5-10,12,14-17H2,1-4H3/b13-11+/t18-,19-,21-/m1/s1. The number of hydrogen-bond donors (Lipinski definition) is 1. The number of hydrogen-bond acceptors (Lipinski definition) is 4. The Morgan fingerprint density at radius 2 is 1.93 bits per heavy atom. The summed E-state index contributed by atoms with van der Waals surface area (Å²) >= 11 is 0. The monoisotopic (exact) mass is 380 g/mol. The number of methoxy groups -OCH3 is 1. The van der Waals surface area contributed by atoms with Gasteiger partial charge in [0.2, 0.25) is 0 Å². The summed E-state index contributed by atoms with van der Waals surface area (Å²) in [7, 11) is 1.41. The zero-order valence-electron chi connectivity index (χ0n) is 17.8. The van der Waals surface area contributed by atoms with Gasteiger partial charge in [-0.25, -0.2) is 0 Å². The summed E-state index contributed by atoms with van der Waals surface area (Å²) in [6.07, 6.45) is 13.8. The first kappa shape index (κ1) is 23.9. The third-order valence-corrected chi connectivity index (χ3v) is 5.84. The highest BCUT2D eigenvalue weighted by molar-refractivity contribution is 5.84. The van der Waals surface area contributed by atoms with E-state index in [4.69, 9.17) is 0 Å². The zero-order chi connectivity index (χ0) is 20.3. The fraction of sp³-hybridized carbons (Fsp3) is 0.826. The Kier molecular flexibility index (Phi) is 10.9. The van der Waals surface area contributed by atoms with Crippen LogP contribution < -0.4 is 0 Å². The highest BCUT2D eigenvalue weighted by Crippen LogP contribution is 2.35. The van der Waals surface area contributed by atoms with Crippen LogP contribution in [0.4, 0.5) is 0 Å². The number of ether oxygens (including phenoxy) is 1. The van der Waals surface area contributed by atoms with Crippen LogP contribution in [-0.2, 0) is 14.3 Å². The molecule has 0 aliphatic heterocycles. The Morgan fingerprint density at radius 1 is 1.22 bits per heavy atom. The predicted octanol–water partition coefficient (Wildman–Crippen LogP) is 5.23. The quantitative estimate of drug-likeness (QED) is 0.270. The summed E-state index contributed by atoms with van der Waals surface area (Å²) in [6.45, 7) is 6.79. The smallest absolute Gasteiger partial charge is 0.305 e. The summed E-state index contributed by atoms with van der Waals surface area (Å²) in [6, 6.07) is 0. The SMILES string of the molecule is CCCCC(C)(C)C/C=C/[C@H]1[C@H](O)CC(=O)[C@@H]1CCCCCCC(=O)OC. The van der Waals surface area contributed by atoms with Crippen LogP contribution in [0.5, 0.6) is 0 Å². The lowest BCUT2D eigenvalue weighted by Gasteiger charge is -2.23. The molecule has 0 aromatic carbocycles. The van der Waals surface area contributed by atoms with Gasteiger partial charge in [-0.15, -0.1) is 0 Å². The molecule has 27 heavy (non-hydrogen) atoms. The normalized spacial score (nSPS) is 23.3. The van der Waals surface area contributed by atoms with Gasteiger partial charge in [-0.1, -0.05) is 65.0 Å². The van der Waals surface area contributed by atoms with Crippen LogP contribution in [0.25, 0.3) is 0 Å². The predicted molar refractivity (Wildman–Crippen MR) is 109 cm³/mol. The molecule has 1 aliphatic rings. The minimum atomic E-state index is -0.531. The molecule has 3 atom stereocenters. The molecule has 4 heteroatoms. The van der Waals surface area contributed by atoms with Crippen molar-refractivity contribution in [1.82, 2.24) is 0 Å². The van der Waals surface area contributed by atoms with E-state index < -0.39 is 6.10 Å². The molecule has 0 aromatic rings. The third kappa shape index (κ3) is 9.05. The summed E-state index contributed by atoms with van der Waals surface area (Å²) < 4.78 is 4.64. The van der Waals surface area contributed by atoms with Gasteiger partial charge < -0.3 is 9.84 Å². The number of allylic oxidation sites excluding steroid dienone is 1. The molecule has 0 radical (unpaired) electrons. The number of carbonyl (C=O) groups excluding carboxylic acids is 2. The van der Waals surface area contributed by atoms with Crippen molar-refractivity contribution in [2.75, 3.05) is 7.11 Å². The fourth-order valence-corrected chi connectivity index (χ4v) is 3.98. The number of unbranched alkanes of at least 4 members (excludes halogenated alkanes) is 4. The van der Waals surface area contributed by atoms with Crippen LogP contribution in [0, 0.1) is 17.3 Å². The first-order valence-electron chi connectivity index (χ1n) is 10.7. The van der Waals surface area contributed by atoms with Crippen molar-refractivity contribution < 1.29 is 19.4 Å². The van der Waals surface area contributed by atoms with Crippen molar-refractivity contribution in [1.29, 1.82) is 0 Å². The molecule has 4 nitrogen and oxygen atoms in total. The fourth-order valence-electron chi connectivity index (χ4n) is 3.98. The van der Waals surface area contributed by atoms with Crippen LogP contribution >= 0.6 is 0 Å². The summed E-state index contributed by atoms with van der Waals surface area (Å²) in [4.78, 5) is 23.4. The Labute approximate surface area is 165 Å².